The maximum atomic E-state index is 12.7. The Morgan fingerprint density at radius 1 is 1.75 bits per heavy atom. The molecule has 1 aliphatic heterocycles. The van der Waals surface area contributed by atoms with E-state index in [4.69, 9.17) is 5.73 Å². The van der Waals surface area contributed by atoms with Crippen molar-refractivity contribution in [3.05, 3.63) is 11.9 Å². The minimum Gasteiger partial charge on any atom is -0.364 e. The number of likely N-dealkylation sites (tertiary alicyclic amines) is 1. The number of carbonyl (C=O) groups is 1. The average molecular weight is 172 g/mol. The lowest BCUT2D eigenvalue weighted by molar-refractivity contribution is -0.115. The number of likely N-dealkylation sites (N-methyl/N-ethyl adjacent to an activating group) is 1. The number of hydrogen-bond donors (Lipinski definition) is 1. The van der Waals surface area contributed by atoms with Gasteiger partial charge in [0.15, 0.2) is 5.83 Å². The number of primary amides is 1. The van der Waals surface area contributed by atoms with Crippen molar-refractivity contribution in [2.45, 2.75) is 18.9 Å². The zero-order chi connectivity index (χ0) is 9.14. The SMILES string of the molecule is CN1CCC[C@H]1/C=C(\F)C(N)=O. The summed E-state index contributed by atoms with van der Waals surface area (Å²) in [7, 11) is 1.91. The van der Waals surface area contributed by atoms with Gasteiger partial charge in [0.05, 0.1) is 0 Å². The first-order valence-corrected chi connectivity index (χ1v) is 3.98. The first-order valence-electron chi connectivity index (χ1n) is 3.98. The molecular formula is C8H13FN2O. The van der Waals surface area contributed by atoms with E-state index in [2.05, 4.69) is 0 Å². The topological polar surface area (TPSA) is 46.3 Å². The van der Waals surface area contributed by atoms with Crippen LogP contribution in [0.1, 0.15) is 12.8 Å². The third kappa shape index (κ3) is 2.04. The van der Waals surface area contributed by atoms with E-state index in [0.717, 1.165) is 19.4 Å². The van der Waals surface area contributed by atoms with Crippen molar-refractivity contribution >= 4 is 5.91 Å². The van der Waals surface area contributed by atoms with Gasteiger partial charge in [-0.1, -0.05) is 0 Å². The van der Waals surface area contributed by atoms with Gasteiger partial charge in [0, 0.05) is 6.04 Å². The van der Waals surface area contributed by atoms with Crippen LogP contribution in [0.4, 0.5) is 4.39 Å². The van der Waals surface area contributed by atoms with Crippen LogP contribution in [0, 0.1) is 0 Å². The number of nitrogens with two attached hydrogens (primary N) is 1. The quantitative estimate of drug-likeness (QED) is 0.613. The molecule has 1 fully saturated rings. The lowest BCUT2D eigenvalue weighted by Crippen LogP contribution is -2.24. The van der Waals surface area contributed by atoms with E-state index < -0.39 is 11.7 Å². The van der Waals surface area contributed by atoms with Gasteiger partial charge in [0.2, 0.25) is 0 Å². The number of rotatable bonds is 2. The van der Waals surface area contributed by atoms with Crippen molar-refractivity contribution in [3.8, 4) is 0 Å². The molecule has 1 rings (SSSR count). The van der Waals surface area contributed by atoms with Gasteiger partial charge in [0.1, 0.15) is 0 Å². The molecule has 0 bridgehead atoms. The van der Waals surface area contributed by atoms with Crippen molar-refractivity contribution in [1.82, 2.24) is 4.90 Å². The minimum atomic E-state index is -0.977. The monoisotopic (exact) mass is 172 g/mol. The number of carbonyl (C=O) groups excluding carboxylic acids is 1. The van der Waals surface area contributed by atoms with Crippen LogP contribution in [0.25, 0.3) is 0 Å². The van der Waals surface area contributed by atoms with Crippen molar-refractivity contribution in [2.24, 2.45) is 5.73 Å². The third-order valence-electron chi connectivity index (χ3n) is 2.15. The van der Waals surface area contributed by atoms with Crippen LogP contribution < -0.4 is 5.73 Å². The molecule has 1 heterocycles. The van der Waals surface area contributed by atoms with E-state index in [1.165, 1.54) is 6.08 Å². The number of hydrogen-bond acceptors (Lipinski definition) is 2. The Labute approximate surface area is 71.0 Å². The van der Waals surface area contributed by atoms with Crippen LogP contribution in [-0.2, 0) is 4.79 Å². The fraction of sp³-hybridized carbons (Fsp3) is 0.625. The molecule has 1 saturated heterocycles. The summed E-state index contributed by atoms with van der Waals surface area (Å²) in [5.41, 5.74) is 4.76. The van der Waals surface area contributed by atoms with Gasteiger partial charge in [0.25, 0.3) is 5.91 Å². The molecule has 2 N–H and O–H groups in total. The third-order valence-corrected chi connectivity index (χ3v) is 2.15. The Morgan fingerprint density at radius 3 is 2.83 bits per heavy atom. The molecule has 0 spiro atoms. The summed E-state index contributed by atoms with van der Waals surface area (Å²) in [5, 5.41) is 0. The van der Waals surface area contributed by atoms with Crippen LogP contribution >= 0.6 is 0 Å². The first kappa shape index (κ1) is 9.19. The molecule has 0 aromatic carbocycles. The molecule has 3 nitrogen and oxygen atoms in total. The van der Waals surface area contributed by atoms with Crippen LogP contribution in [0.15, 0.2) is 11.9 Å². The van der Waals surface area contributed by atoms with Crippen molar-refractivity contribution < 1.29 is 9.18 Å². The lowest BCUT2D eigenvalue weighted by atomic mass is 10.2. The Hall–Kier alpha value is -0.900. The zero-order valence-electron chi connectivity index (χ0n) is 7.09. The molecule has 0 saturated carbocycles. The first-order chi connectivity index (χ1) is 5.61. The maximum Gasteiger partial charge on any atom is 0.277 e. The summed E-state index contributed by atoms with van der Waals surface area (Å²) in [6.45, 7) is 0.952. The Morgan fingerprint density at radius 2 is 2.42 bits per heavy atom. The van der Waals surface area contributed by atoms with E-state index in [1.54, 1.807) is 0 Å². The fourth-order valence-electron chi connectivity index (χ4n) is 1.40. The lowest BCUT2D eigenvalue weighted by Gasteiger charge is -2.14. The van der Waals surface area contributed by atoms with Gasteiger partial charge in [-0.25, -0.2) is 4.39 Å². The second-order valence-corrected chi connectivity index (χ2v) is 3.07. The maximum absolute atomic E-state index is 12.7. The van der Waals surface area contributed by atoms with Gasteiger partial charge in [-0.3, -0.25) is 9.69 Å². The van der Waals surface area contributed by atoms with Gasteiger partial charge < -0.3 is 5.73 Å². The Kier molecular flexibility index (Phi) is 2.81. The van der Waals surface area contributed by atoms with Crippen molar-refractivity contribution in [2.75, 3.05) is 13.6 Å². The molecule has 0 aromatic rings. The van der Waals surface area contributed by atoms with E-state index in [-0.39, 0.29) is 6.04 Å². The summed E-state index contributed by atoms with van der Waals surface area (Å²) < 4.78 is 12.7. The van der Waals surface area contributed by atoms with Gasteiger partial charge in [-0.05, 0) is 32.5 Å². The highest BCUT2D eigenvalue weighted by Gasteiger charge is 2.20. The molecule has 0 unspecified atom stereocenters. The fourth-order valence-corrected chi connectivity index (χ4v) is 1.40. The normalized spacial score (nSPS) is 26.2. The second-order valence-electron chi connectivity index (χ2n) is 3.07. The summed E-state index contributed by atoms with van der Waals surface area (Å²) in [5.74, 6) is -1.80. The van der Waals surface area contributed by atoms with E-state index >= 15 is 0 Å². The molecule has 0 aliphatic carbocycles. The minimum absolute atomic E-state index is 0.0394. The molecule has 68 valence electrons. The molecule has 0 radical (unpaired) electrons. The Balaban J connectivity index is 2.59. The predicted molar refractivity (Wildman–Crippen MR) is 44.0 cm³/mol. The van der Waals surface area contributed by atoms with Gasteiger partial charge in [-0.2, -0.15) is 0 Å². The van der Waals surface area contributed by atoms with Crippen LogP contribution in [-0.4, -0.2) is 30.4 Å². The van der Waals surface area contributed by atoms with Crippen LogP contribution in [0.5, 0.6) is 0 Å². The molecular weight excluding hydrogens is 159 g/mol. The largest absolute Gasteiger partial charge is 0.364 e. The van der Waals surface area contributed by atoms with Crippen LogP contribution in [0.3, 0.4) is 0 Å². The standard InChI is InChI=1S/C8H13FN2O/c1-11-4-2-3-6(11)5-7(9)8(10)12/h5-6H,2-4H2,1H3,(H2,10,12)/b7-5-/t6-/m0/s1. The van der Waals surface area contributed by atoms with E-state index in [9.17, 15) is 9.18 Å². The summed E-state index contributed by atoms with van der Waals surface area (Å²) >= 11 is 0. The van der Waals surface area contributed by atoms with Gasteiger partial charge >= 0.3 is 0 Å². The highest BCUT2D eigenvalue weighted by molar-refractivity contribution is 5.89. The summed E-state index contributed by atoms with van der Waals surface area (Å²) in [6.07, 6.45) is 3.25. The van der Waals surface area contributed by atoms with E-state index in [0.29, 0.717) is 0 Å². The molecule has 4 heteroatoms. The number of amides is 1. The molecule has 0 aromatic heterocycles. The summed E-state index contributed by atoms with van der Waals surface area (Å²) in [6, 6.07) is 0.0394. The Bertz CT molecular complexity index is 215. The van der Waals surface area contributed by atoms with Gasteiger partial charge in [-0.15, -0.1) is 0 Å². The zero-order valence-corrected chi connectivity index (χ0v) is 7.09. The highest BCUT2D eigenvalue weighted by Crippen LogP contribution is 2.17. The molecule has 1 amide bonds. The number of halogens is 1. The van der Waals surface area contributed by atoms with Crippen LogP contribution in [0.2, 0.25) is 0 Å². The highest BCUT2D eigenvalue weighted by atomic mass is 19.1. The van der Waals surface area contributed by atoms with Crippen molar-refractivity contribution in [3.63, 3.8) is 0 Å². The second kappa shape index (κ2) is 3.67. The van der Waals surface area contributed by atoms with E-state index in [1.807, 2.05) is 11.9 Å². The molecule has 12 heavy (non-hydrogen) atoms. The number of nitrogens with zero attached hydrogens (tertiary/aromatic N) is 1. The van der Waals surface area contributed by atoms with Crippen molar-refractivity contribution in [1.29, 1.82) is 0 Å². The summed E-state index contributed by atoms with van der Waals surface area (Å²) in [4.78, 5) is 12.4. The smallest absolute Gasteiger partial charge is 0.277 e. The average Bonchev–Trinajstić information content (AvgIpc) is 2.36. The molecule has 1 aliphatic rings. The predicted octanol–water partition coefficient (Wildman–Crippen LogP) is 0.419. The molecule has 1 atom stereocenters.